The Hall–Kier alpha value is -1.60. The number of aryl methyl sites for hydroxylation is 2. The van der Waals surface area contributed by atoms with Crippen LogP contribution in [0.2, 0.25) is 0 Å². The third-order valence-corrected chi connectivity index (χ3v) is 6.37. The van der Waals surface area contributed by atoms with Crippen LogP contribution < -0.4 is 4.74 Å². The van der Waals surface area contributed by atoms with Gasteiger partial charge in [0.2, 0.25) is 15.9 Å². The van der Waals surface area contributed by atoms with Gasteiger partial charge in [0, 0.05) is 33.1 Å². The van der Waals surface area contributed by atoms with E-state index in [0.717, 1.165) is 0 Å². The van der Waals surface area contributed by atoms with Gasteiger partial charge >= 0.3 is 0 Å². The molecular weight excluding hydrogens is 316 g/mol. The van der Waals surface area contributed by atoms with Crippen LogP contribution in [0.3, 0.4) is 0 Å². The Kier molecular flexibility index (Phi) is 5.31. The summed E-state index contributed by atoms with van der Waals surface area (Å²) in [5.74, 6) is 0.638. The molecule has 1 heterocycles. The van der Waals surface area contributed by atoms with Crippen molar-refractivity contribution in [3.63, 3.8) is 0 Å². The molecule has 0 aromatic heterocycles. The van der Waals surface area contributed by atoms with Crippen LogP contribution in [-0.4, -0.2) is 56.8 Å². The molecule has 7 heteroatoms. The van der Waals surface area contributed by atoms with E-state index in [1.807, 2.05) is 0 Å². The van der Waals surface area contributed by atoms with E-state index in [1.165, 1.54) is 11.2 Å². The number of amides is 1. The molecule has 23 heavy (non-hydrogen) atoms. The van der Waals surface area contributed by atoms with Crippen molar-refractivity contribution in [3.8, 4) is 5.75 Å². The minimum Gasteiger partial charge on any atom is -0.497 e. The topological polar surface area (TPSA) is 66.9 Å². The SMILES string of the molecule is COc1cc(C)c(S(=O)(=O)N2CCCN(C(C)=O)CC2)c(C)c1. The smallest absolute Gasteiger partial charge is 0.243 e. The molecule has 0 radical (unpaired) electrons. The summed E-state index contributed by atoms with van der Waals surface area (Å²) in [6.45, 7) is 6.86. The number of methoxy groups -OCH3 is 1. The highest BCUT2D eigenvalue weighted by atomic mass is 32.2. The normalized spacial score (nSPS) is 17.0. The average Bonchev–Trinajstić information content (AvgIpc) is 2.72. The van der Waals surface area contributed by atoms with Crippen LogP contribution >= 0.6 is 0 Å². The van der Waals surface area contributed by atoms with Gasteiger partial charge in [0.25, 0.3) is 0 Å². The highest BCUT2D eigenvalue weighted by Gasteiger charge is 2.30. The van der Waals surface area contributed by atoms with Crippen LogP contribution in [0.5, 0.6) is 5.75 Å². The average molecular weight is 340 g/mol. The molecular formula is C16H24N2O4S. The lowest BCUT2D eigenvalue weighted by molar-refractivity contribution is -0.128. The van der Waals surface area contributed by atoms with E-state index in [2.05, 4.69) is 0 Å². The third-order valence-electron chi connectivity index (χ3n) is 4.17. The van der Waals surface area contributed by atoms with E-state index in [4.69, 9.17) is 4.74 Å². The van der Waals surface area contributed by atoms with Crippen molar-refractivity contribution >= 4 is 15.9 Å². The summed E-state index contributed by atoms with van der Waals surface area (Å²) >= 11 is 0. The lowest BCUT2D eigenvalue weighted by Crippen LogP contribution is -2.37. The van der Waals surface area contributed by atoms with Crippen molar-refractivity contribution < 1.29 is 17.9 Å². The summed E-state index contributed by atoms with van der Waals surface area (Å²) in [4.78, 5) is 13.5. The Balaban J connectivity index is 2.34. The van der Waals surface area contributed by atoms with E-state index in [1.54, 1.807) is 38.0 Å². The predicted octanol–water partition coefficient (Wildman–Crippen LogP) is 1.55. The van der Waals surface area contributed by atoms with Crippen LogP contribution in [0.25, 0.3) is 0 Å². The van der Waals surface area contributed by atoms with Gasteiger partial charge in [-0.1, -0.05) is 0 Å². The van der Waals surface area contributed by atoms with Gasteiger partial charge in [-0.05, 0) is 43.5 Å². The molecule has 1 aromatic carbocycles. The first-order valence-corrected chi connectivity index (χ1v) is 9.12. The number of ether oxygens (including phenoxy) is 1. The van der Waals surface area contributed by atoms with E-state index in [0.29, 0.717) is 54.4 Å². The maximum Gasteiger partial charge on any atom is 0.243 e. The van der Waals surface area contributed by atoms with Crippen LogP contribution in [0.15, 0.2) is 17.0 Å². The maximum atomic E-state index is 13.0. The van der Waals surface area contributed by atoms with Crippen molar-refractivity contribution in [1.29, 1.82) is 0 Å². The van der Waals surface area contributed by atoms with Crippen molar-refractivity contribution in [3.05, 3.63) is 23.3 Å². The Morgan fingerprint density at radius 3 is 2.22 bits per heavy atom. The zero-order valence-electron chi connectivity index (χ0n) is 14.1. The fraction of sp³-hybridized carbons (Fsp3) is 0.562. The molecule has 1 fully saturated rings. The summed E-state index contributed by atoms with van der Waals surface area (Å²) in [6, 6.07) is 3.47. The molecule has 0 aliphatic carbocycles. The van der Waals surface area contributed by atoms with Crippen LogP contribution in [0.1, 0.15) is 24.5 Å². The highest BCUT2D eigenvalue weighted by Crippen LogP contribution is 2.28. The number of benzene rings is 1. The number of sulfonamides is 1. The van der Waals surface area contributed by atoms with Gasteiger partial charge in [-0.2, -0.15) is 4.31 Å². The maximum absolute atomic E-state index is 13.0. The van der Waals surface area contributed by atoms with Gasteiger partial charge in [0.05, 0.1) is 12.0 Å². The van der Waals surface area contributed by atoms with Gasteiger partial charge in [-0.25, -0.2) is 8.42 Å². The summed E-state index contributed by atoms with van der Waals surface area (Å²) in [6.07, 6.45) is 0.646. The highest BCUT2D eigenvalue weighted by molar-refractivity contribution is 7.89. The van der Waals surface area contributed by atoms with Crippen molar-refractivity contribution in [2.24, 2.45) is 0 Å². The first-order valence-electron chi connectivity index (χ1n) is 7.68. The number of rotatable bonds is 3. The number of carbonyl (C=O) groups excluding carboxylic acids is 1. The van der Waals surface area contributed by atoms with Gasteiger partial charge < -0.3 is 9.64 Å². The summed E-state index contributed by atoms with van der Waals surface area (Å²) < 4.78 is 32.8. The van der Waals surface area contributed by atoms with Crippen LogP contribution in [0.4, 0.5) is 0 Å². The Morgan fingerprint density at radius 2 is 1.70 bits per heavy atom. The molecule has 1 aliphatic rings. The first kappa shape index (κ1) is 17.7. The zero-order valence-corrected chi connectivity index (χ0v) is 14.9. The molecule has 2 rings (SSSR count). The molecule has 0 N–H and O–H groups in total. The number of nitrogens with zero attached hydrogens (tertiary/aromatic N) is 2. The standard InChI is InChI=1S/C16H24N2O4S/c1-12-10-15(22-4)11-13(2)16(12)23(20,21)18-7-5-6-17(8-9-18)14(3)19/h10-11H,5-9H2,1-4H3. The minimum atomic E-state index is -3.58. The summed E-state index contributed by atoms with van der Waals surface area (Å²) in [5.41, 5.74) is 1.35. The predicted molar refractivity (Wildman–Crippen MR) is 88.1 cm³/mol. The molecule has 1 aliphatic heterocycles. The number of carbonyl (C=O) groups is 1. The second kappa shape index (κ2) is 6.88. The number of hydrogen-bond acceptors (Lipinski definition) is 4. The quantitative estimate of drug-likeness (QED) is 0.837. The van der Waals surface area contributed by atoms with Crippen molar-refractivity contribution in [2.75, 3.05) is 33.3 Å². The lowest BCUT2D eigenvalue weighted by atomic mass is 10.1. The van der Waals surface area contributed by atoms with E-state index in [9.17, 15) is 13.2 Å². The van der Waals surface area contributed by atoms with E-state index in [-0.39, 0.29) is 5.91 Å². The van der Waals surface area contributed by atoms with Crippen LogP contribution in [-0.2, 0) is 14.8 Å². The summed E-state index contributed by atoms with van der Waals surface area (Å²) in [5, 5.41) is 0. The Labute approximate surface area is 138 Å². The molecule has 0 unspecified atom stereocenters. The Morgan fingerprint density at radius 1 is 1.09 bits per heavy atom. The fourth-order valence-corrected chi connectivity index (χ4v) is 4.89. The molecule has 1 saturated heterocycles. The molecule has 0 bridgehead atoms. The number of hydrogen-bond donors (Lipinski definition) is 0. The fourth-order valence-electron chi connectivity index (χ4n) is 3.01. The lowest BCUT2D eigenvalue weighted by Gasteiger charge is -2.23. The molecule has 1 aromatic rings. The molecule has 0 atom stereocenters. The van der Waals surface area contributed by atoms with Gasteiger partial charge in [-0.3, -0.25) is 4.79 Å². The zero-order chi connectivity index (χ0) is 17.2. The van der Waals surface area contributed by atoms with Gasteiger partial charge in [0.15, 0.2) is 0 Å². The van der Waals surface area contributed by atoms with Crippen molar-refractivity contribution in [2.45, 2.75) is 32.1 Å². The van der Waals surface area contributed by atoms with Gasteiger partial charge in [0.1, 0.15) is 5.75 Å². The van der Waals surface area contributed by atoms with Crippen LogP contribution in [0, 0.1) is 13.8 Å². The second-order valence-corrected chi connectivity index (χ2v) is 7.73. The van der Waals surface area contributed by atoms with Crippen molar-refractivity contribution in [1.82, 2.24) is 9.21 Å². The van der Waals surface area contributed by atoms with E-state index < -0.39 is 10.0 Å². The third kappa shape index (κ3) is 3.67. The molecule has 128 valence electrons. The molecule has 6 nitrogen and oxygen atoms in total. The Bertz CT molecular complexity index is 677. The molecule has 0 saturated carbocycles. The molecule has 1 amide bonds. The molecule has 0 spiro atoms. The monoisotopic (exact) mass is 340 g/mol. The largest absolute Gasteiger partial charge is 0.497 e. The second-order valence-electron chi connectivity index (χ2n) is 5.85. The van der Waals surface area contributed by atoms with E-state index >= 15 is 0 Å². The first-order chi connectivity index (χ1) is 10.8. The minimum absolute atomic E-state index is 0.0129. The summed E-state index contributed by atoms with van der Waals surface area (Å²) in [7, 11) is -2.02. The van der Waals surface area contributed by atoms with Gasteiger partial charge in [-0.15, -0.1) is 0 Å².